The summed E-state index contributed by atoms with van der Waals surface area (Å²) in [5, 5.41) is 17.6. The zero-order chi connectivity index (χ0) is 20.4. The van der Waals surface area contributed by atoms with Gasteiger partial charge in [0.15, 0.2) is 11.5 Å². The summed E-state index contributed by atoms with van der Waals surface area (Å²) in [4.78, 5) is 13.3. The molecule has 1 amide bonds. The molecule has 0 radical (unpaired) electrons. The van der Waals surface area contributed by atoms with Crippen LogP contribution in [0.4, 0.5) is 19.0 Å². The number of benzene rings is 1. The summed E-state index contributed by atoms with van der Waals surface area (Å²) in [6, 6.07) is 10.2. The Morgan fingerprint density at radius 3 is 2.25 bits per heavy atom. The standard InChI is InChI=1S/C18H17F3N6O/c19-18(20,21)13-3-1-12(2-4-13)17(11-22)7-9-27(10-8-17)15-6-5-14(25-26-15)16(28)24-23/h1-6H,7-10,23H2,(H,24,28). The zero-order valence-corrected chi connectivity index (χ0v) is 14.7. The van der Waals surface area contributed by atoms with Crippen molar-refractivity contribution in [2.24, 2.45) is 5.84 Å². The van der Waals surface area contributed by atoms with Crippen LogP contribution in [0.3, 0.4) is 0 Å². The molecule has 3 N–H and O–H groups in total. The Hall–Kier alpha value is -3.19. The summed E-state index contributed by atoms with van der Waals surface area (Å²) < 4.78 is 38.3. The number of carbonyl (C=O) groups is 1. The molecular weight excluding hydrogens is 373 g/mol. The second kappa shape index (κ2) is 7.44. The second-order valence-corrected chi connectivity index (χ2v) is 6.51. The lowest BCUT2D eigenvalue weighted by Gasteiger charge is -2.38. The minimum absolute atomic E-state index is 0.0828. The molecule has 2 heterocycles. The summed E-state index contributed by atoms with van der Waals surface area (Å²) in [5.74, 6) is 5.04. The summed E-state index contributed by atoms with van der Waals surface area (Å²) in [6.07, 6.45) is -3.55. The van der Waals surface area contributed by atoms with E-state index in [-0.39, 0.29) is 5.69 Å². The number of anilines is 1. The van der Waals surface area contributed by atoms with Gasteiger partial charge in [0.2, 0.25) is 0 Å². The first-order valence-corrected chi connectivity index (χ1v) is 8.48. The van der Waals surface area contributed by atoms with Crippen molar-refractivity contribution >= 4 is 11.7 Å². The molecule has 28 heavy (non-hydrogen) atoms. The van der Waals surface area contributed by atoms with E-state index >= 15 is 0 Å². The van der Waals surface area contributed by atoms with E-state index in [0.717, 1.165) is 12.1 Å². The molecular formula is C18H17F3N6O. The lowest BCUT2D eigenvalue weighted by Crippen LogP contribution is -2.42. The van der Waals surface area contributed by atoms with Crippen LogP contribution >= 0.6 is 0 Å². The highest BCUT2D eigenvalue weighted by atomic mass is 19.4. The molecule has 0 unspecified atom stereocenters. The number of nitrogens with one attached hydrogen (secondary N) is 1. The number of hydrogen-bond donors (Lipinski definition) is 2. The number of nitriles is 1. The molecule has 1 aromatic carbocycles. The molecule has 146 valence electrons. The minimum atomic E-state index is -4.41. The summed E-state index contributed by atoms with van der Waals surface area (Å²) in [7, 11) is 0. The van der Waals surface area contributed by atoms with Crippen molar-refractivity contribution in [3.63, 3.8) is 0 Å². The predicted molar refractivity (Wildman–Crippen MR) is 93.9 cm³/mol. The SMILES string of the molecule is N#CC1(c2ccc(C(F)(F)F)cc2)CCN(c2ccc(C(=O)NN)nn2)CC1. The number of rotatable bonds is 3. The van der Waals surface area contributed by atoms with E-state index in [9.17, 15) is 23.2 Å². The highest BCUT2D eigenvalue weighted by Crippen LogP contribution is 2.37. The minimum Gasteiger partial charge on any atom is -0.355 e. The molecule has 3 rings (SSSR count). The van der Waals surface area contributed by atoms with E-state index in [1.807, 2.05) is 10.3 Å². The molecule has 1 aliphatic rings. The molecule has 10 heteroatoms. The van der Waals surface area contributed by atoms with Crippen molar-refractivity contribution in [1.82, 2.24) is 15.6 Å². The monoisotopic (exact) mass is 390 g/mol. The van der Waals surface area contributed by atoms with Crippen molar-refractivity contribution in [2.75, 3.05) is 18.0 Å². The molecule has 2 aromatic rings. The van der Waals surface area contributed by atoms with E-state index in [4.69, 9.17) is 5.84 Å². The molecule has 0 saturated carbocycles. The van der Waals surface area contributed by atoms with E-state index in [2.05, 4.69) is 16.3 Å². The Bertz CT molecular complexity index is 882. The van der Waals surface area contributed by atoms with Gasteiger partial charge < -0.3 is 4.90 Å². The van der Waals surface area contributed by atoms with Gasteiger partial charge in [0.25, 0.3) is 5.91 Å². The average molecular weight is 390 g/mol. The molecule has 0 bridgehead atoms. The lowest BCUT2D eigenvalue weighted by atomic mass is 9.74. The van der Waals surface area contributed by atoms with Crippen molar-refractivity contribution in [1.29, 1.82) is 5.26 Å². The van der Waals surface area contributed by atoms with Gasteiger partial charge in [-0.1, -0.05) is 12.1 Å². The summed E-state index contributed by atoms with van der Waals surface area (Å²) >= 11 is 0. The fraction of sp³-hybridized carbons (Fsp3) is 0.333. The second-order valence-electron chi connectivity index (χ2n) is 6.51. The third-order valence-electron chi connectivity index (χ3n) is 4.93. The highest BCUT2D eigenvalue weighted by Gasteiger charge is 2.38. The number of nitrogens with zero attached hydrogens (tertiary/aromatic N) is 4. The number of piperidine rings is 1. The molecule has 0 atom stereocenters. The van der Waals surface area contributed by atoms with Gasteiger partial charge in [-0.2, -0.15) is 18.4 Å². The van der Waals surface area contributed by atoms with Crippen LogP contribution in [0, 0.1) is 11.3 Å². The van der Waals surface area contributed by atoms with E-state index < -0.39 is 23.1 Å². The van der Waals surface area contributed by atoms with Crippen LogP contribution in [0.2, 0.25) is 0 Å². The van der Waals surface area contributed by atoms with Crippen LogP contribution < -0.4 is 16.2 Å². The van der Waals surface area contributed by atoms with Gasteiger partial charge in [-0.25, -0.2) is 5.84 Å². The number of nitrogen functional groups attached to an aromatic ring is 1. The Morgan fingerprint density at radius 2 is 1.79 bits per heavy atom. The van der Waals surface area contributed by atoms with Crippen LogP contribution in [0.25, 0.3) is 0 Å². The topological polar surface area (TPSA) is 108 Å². The van der Waals surface area contributed by atoms with Crippen molar-refractivity contribution in [3.05, 3.63) is 53.2 Å². The van der Waals surface area contributed by atoms with Gasteiger partial charge >= 0.3 is 6.18 Å². The average Bonchev–Trinajstić information content (AvgIpc) is 2.73. The first kappa shape index (κ1) is 19.6. The van der Waals surface area contributed by atoms with Gasteiger partial charge in [-0.05, 0) is 42.7 Å². The van der Waals surface area contributed by atoms with Gasteiger partial charge in [-0.15, -0.1) is 10.2 Å². The maximum absolute atomic E-state index is 12.8. The van der Waals surface area contributed by atoms with Crippen LogP contribution in [-0.4, -0.2) is 29.2 Å². The smallest absolute Gasteiger partial charge is 0.355 e. The number of halogens is 3. The van der Waals surface area contributed by atoms with E-state index in [1.165, 1.54) is 18.2 Å². The third-order valence-corrected chi connectivity index (χ3v) is 4.93. The number of nitrogens with two attached hydrogens (primary N) is 1. The zero-order valence-electron chi connectivity index (χ0n) is 14.7. The Balaban J connectivity index is 1.73. The number of alkyl halides is 3. The molecule has 1 aromatic heterocycles. The largest absolute Gasteiger partial charge is 0.416 e. The molecule has 1 aliphatic heterocycles. The number of amides is 1. The first-order valence-electron chi connectivity index (χ1n) is 8.48. The van der Waals surface area contributed by atoms with E-state index in [1.54, 1.807) is 6.07 Å². The highest BCUT2D eigenvalue weighted by molar-refractivity contribution is 5.91. The van der Waals surface area contributed by atoms with Gasteiger partial charge in [0.1, 0.15) is 0 Å². The van der Waals surface area contributed by atoms with E-state index in [0.29, 0.717) is 37.3 Å². The summed E-state index contributed by atoms with van der Waals surface area (Å²) in [6.45, 7) is 0.956. The normalized spacial score (nSPS) is 16.3. The van der Waals surface area contributed by atoms with Crippen LogP contribution in [0.1, 0.15) is 34.5 Å². The molecule has 0 aliphatic carbocycles. The Labute approximate surface area is 158 Å². The van der Waals surface area contributed by atoms with Crippen molar-refractivity contribution in [3.8, 4) is 6.07 Å². The van der Waals surface area contributed by atoms with Crippen LogP contribution in [0.5, 0.6) is 0 Å². The van der Waals surface area contributed by atoms with Crippen molar-refractivity contribution < 1.29 is 18.0 Å². The van der Waals surface area contributed by atoms with Gasteiger partial charge in [0.05, 0.1) is 17.0 Å². The lowest BCUT2D eigenvalue weighted by molar-refractivity contribution is -0.137. The van der Waals surface area contributed by atoms with Crippen LogP contribution in [-0.2, 0) is 11.6 Å². The number of hydrogen-bond acceptors (Lipinski definition) is 6. The molecule has 1 fully saturated rings. The first-order chi connectivity index (χ1) is 13.3. The summed E-state index contributed by atoms with van der Waals surface area (Å²) in [5.41, 5.74) is 1.03. The van der Waals surface area contributed by atoms with Gasteiger partial charge in [-0.3, -0.25) is 10.2 Å². The van der Waals surface area contributed by atoms with Crippen LogP contribution in [0.15, 0.2) is 36.4 Å². The molecule has 7 nitrogen and oxygen atoms in total. The number of carbonyl (C=O) groups excluding carboxylic acids is 1. The predicted octanol–water partition coefficient (Wildman–Crippen LogP) is 2.16. The number of hydrazine groups is 1. The Kier molecular flexibility index (Phi) is 5.20. The maximum Gasteiger partial charge on any atom is 0.416 e. The molecule has 1 saturated heterocycles. The molecule has 0 spiro atoms. The fourth-order valence-corrected chi connectivity index (χ4v) is 3.25. The maximum atomic E-state index is 12.8. The fourth-order valence-electron chi connectivity index (χ4n) is 3.25. The number of aromatic nitrogens is 2. The van der Waals surface area contributed by atoms with Crippen molar-refractivity contribution in [2.45, 2.75) is 24.4 Å². The Morgan fingerprint density at radius 1 is 1.14 bits per heavy atom. The third kappa shape index (κ3) is 3.75. The quantitative estimate of drug-likeness (QED) is 0.472. The van der Waals surface area contributed by atoms with Gasteiger partial charge in [0, 0.05) is 13.1 Å².